The third-order valence-corrected chi connectivity index (χ3v) is 5.21. The van der Waals surface area contributed by atoms with Crippen LogP contribution in [0.25, 0.3) is 10.9 Å². The average molecular weight is 336 g/mol. The van der Waals surface area contributed by atoms with Crippen LogP contribution in [0.2, 0.25) is 0 Å². The largest absolute Gasteiger partial charge is 0.361 e. The Balaban J connectivity index is 1.77. The highest BCUT2D eigenvalue weighted by molar-refractivity contribution is 6.04. The summed E-state index contributed by atoms with van der Waals surface area (Å²) >= 11 is 0. The minimum Gasteiger partial charge on any atom is -0.361 e. The summed E-state index contributed by atoms with van der Waals surface area (Å²) in [6.07, 6.45) is 3.79. The highest BCUT2D eigenvalue weighted by Crippen LogP contribution is 2.36. The van der Waals surface area contributed by atoms with Crippen LogP contribution in [0.5, 0.6) is 0 Å². The predicted molar refractivity (Wildman–Crippen MR) is 98.4 cm³/mol. The zero-order valence-corrected chi connectivity index (χ0v) is 14.5. The van der Waals surface area contributed by atoms with E-state index in [1.807, 2.05) is 43.1 Å². The van der Waals surface area contributed by atoms with E-state index < -0.39 is 5.41 Å². The molecule has 2 aromatic carbocycles. The van der Waals surface area contributed by atoms with E-state index in [2.05, 4.69) is 11.1 Å². The molecule has 0 fully saturated rings. The number of halogens is 1. The quantitative estimate of drug-likeness (QED) is 0.731. The second-order valence-corrected chi connectivity index (χ2v) is 7.21. The minimum absolute atomic E-state index is 0.0461. The summed E-state index contributed by atoms with van der Waals surface area (Å²) < 4.78 is 13.7. The summed E-state index contributed by atoms with van der Waals surface area (Å²) in [5.74, 6) is -0.246. The Hall–Kier alpha value is -2.62. The molecule has 1 aromatic heterocycles. The van der Waals surface area contributed by atoms with Crippen LogP contribution in [0.15, 0.2) is 48.7 Å². The van der Waals surface area contributed by atoms with E-state index in [0.717, 1.165) is 41.5 Å². The number of carbonyl (C=O) groups is 1. The standard InChI is InChI=1S/C21H21FN2O/c1-21(2,17-13-23-18-10-9-15(22)12-16(17)18)20(25)24-11-5-7-14-6-3-4-8-19(14)24/h3-4,6,8-10,12-13,23H,5,7,11H2,1-2H3. The number of H-pyrrole nitrogens is 1. The lowest BCUT2D eigenvalue weighted by Gasteiger charge is -2.35. The average Bonchev–Trinajstić information content (AvgIpc) is 3.04. The van der Waals surface area contributed by atoms with Gasteiger partial charge in [-0.1, -0.05) is 18.2 Å². The van der Waals surface area contributed by atoms with Gasteiger partial charge in [0.15, 0.2) is 0 Å². The molecule has 1 amide bonds. The molecule has 4 heteroatoms. The lowest BCUT2D eigenvalue weighted by molar-refractivity contribution is -0.123. The van der Waals surface area contributed by atoms with E-state index in [4.69, 9.17) is 0 Å². The maximum Gasteiger partial charge on any atom is 0.237 e. The van der Waals surface area contributed by atoms with Crippen molar-refractivity contribution in [3.05, 3.63) is 65.6 Å². The number of para-hydroxylation sites is 1. The number of fused-ring (bicyclic) bond motifs is 2. The molecule has 2 heterocycles. The lowest BCUT2D eigenvalue weighted by atomic mass is 9.82. The lowest BCUT2D eigenvalue weighted by Crippen LogP contribution is -2.45. The van der Waals surface area contributed by atoms with Gasteiger partial charge in [0.2, 0.25) is 5.91 Å². The number of amides is 1. The molecular formula is C21H21FN2O. The van der Waals surface area contributed by atoms with E-state index in [9.17, 15) is 9.18 Å². The van der Waals surface area contributed by atoms with Crippen molar-refractivity contribution in [2.24, 2.45) is 0 Å². The number of hydrogen-bond acceptors (Lipinski definition) is 1. The maximum atomic E-state index is 13.7. The smallest absolute Gasteiger partial charge is 0.237 e. The van der Waals surface area contributed by atoms with E-state index in [-0.39, 0.29) is 11.7 Å². The SMILES string of the molecule is CC(C)(C(=O)N1CCCc2ccccc21)c1c[nH]c2ccc(F)cc12. The molecule has 1 aliphatic heterocycles. The Morgan fingerprint density at radius 2 is 2.00 bits per heavy atom. The molecule has 4 rings (SSSR count). The molecule has 3 aromatic rings. The van der Waals surface area contributed by atoms with Crippen molar-refractivity contribution in [1.82, 2.24) is 4.98 Å². The molecule has 0 unspecified atom stereocenters. The fourth-order valence-corrected chi connectivity index (χ4v) is 3.81. The fraction of sp³-hybridized carbons (Fsp3) is 0.286. The predicted octanol–water partition coefficient (Wildman–Crippen LogP) is 4.56. The van der Waals surface area contributed by atoms with Gasteiger partial charge in [0.05, 0.1) is 5.41 Å². The van der Waals surface area contributed by atoms with Crippen molar-refractivity contribution in [3.63, 3.8) is 0 Å². The molecule has 1 aliphatic rings. The Bertz CT molecular complexity index is 957. The number of benzene rings is 2. The van der Waals surface area contributed by atoms with E-state index >= 15 is 0 Å². The number of nitrogens with zero attached hydrogens (tertiary/aromatic N) is 1. The van der Waals surface area contributed by atoms with Gasteiger partial charge < -0.3 is 9.88 Å². The first-order chi connectivity index (χ1) is 12.0. The van der Waals surface area contributed by atoms with Crippen molar-refractivity contribution in [1.29, 1.82) is 0 Å². The number of anilines is 1. The zero-order valence-electron chi connectivity index (χ0n) is 14.5. The van der Waals surface area contributed by atoms with E-state index in [1.54, 1.807) is 6.07 Å². The van der Waals surface area contributed by atoms with Gasteiger partial charge in [-0.3, -0.25) is 4.79 Å². The van der Waals surface area contributed by atoms with Gasteiger partial charge in [-0.25, -0.2) is 4.39 Å². The number of nitrogens with one attached hydrogen (secondary N) is 1. The third-order valence-electron chi connectivity index (χ3n) is 5.21. The Labute approximate surface area is 146 Å². The van der Waals surface area contributed by atoms with Crippen LogP contribution in [0.1, 0.15) is 31.4 Å². The summed E-state index contributed by atoms with van der Waals surface area (Å²) in [5, 5.41) is 0.767. The van der Waals surface area contributed by atoms with Crippen LogP contribution in [0, 0.1) is 5.82 Å². The number of aryl methyl sites for hydroxylation is 1. The zero-order chi connectivity index (χ0) is 17.6. The summed E-state index contributed by atoms with van der Waals surface area (Å²) in [6, 6.07) is 12.7. The Morgan fingerprint density at radius 1 is 1.20 bits per heavy atom. The molecule has 128 valence electrons. The first-order valence-electron chi connectivity index (χ1n) is 8.65. The van der Waals surface area contributed by atoms with Gasteiger partial charge in [-0.2, -0.15) is 0 Å². The first kappa shape index (κ1) is 15.9. The molecule has 0 atom stereocenters. The number of carbonyl (C=O) groups excluding carboxylic acids is 1. The van der Waals surface area contributed by atoms with E-state index in [1.165, 1.54) is 17.7 Å². The van der Waals surface area contributed by atoms with Gasteiger partial charge in [0.25, 0.3) is 0 Å². The summed E-state index contributed by atoms with van der Waals surface area (Å²) in [5.41, 5.74) is 3.13. The second-order valence-electron chi connectivity index (χ2n) is 7.21. The van der Waals surface area contributed by atoms with Crippen molar-refractivity contribution >= 4 is 22.5 Å². The van der Waals surface area contributed by atoms with Gasteiger partial charge >= 0.3 is 0 Å². The van der Waals surface area contributed by atoms with Gasteiger partial charge in [-0.05, 0) is 62.1 Å². The minimum atomic E-state index is -0.753. The molecule has 0 aliphatic carbocycles. The number of rotatable bonds is 2. The van der Waals surface area contributed by atoms with Crippen molar-refractivity contribution in [3.8, 4) is 0 Å². The highest BCUT2D eigenvalue weighted by Gasteiger charge is 2.37. The van der Waals surface area contributed by atoms with Crippen LogP contribution in [0.3, 0.4) is 0 Å². The molecule has 0 spiro atoms. The normalized spacial score (nSPS) is 14.6. The van der Waals surface area contributed by atoms with Gasteiger partial charge in [0, 0.05) is 29.3 Å². The van der Waals surface area contributed by atoms with Crippen LogP contribution < -0.4 is 4.90 Å². The maximum absolute atomic E-state index is 13.7. The van der Waals surface area contributed by atoms with Crippen molar-refractivity contribution in [2.45, 2.75) is 32.1 Å². The number of aromatic amines is 1. The van der Waals surface area contributed by atoms with Crippen LogP contribution in [0.4, 0.5) is 10.1 Å². The molecule has 1 N–H and O–H groups in total. The van der Waals surface area contributed by atoms with E-state index in [0.29, 0.717) is 0 Å². The fourth-order valence-electron chi connectivity index (χ4n) is 3.81. The molecule has 3 nitrogen and oxygen atoms in total. The molecule has 0 bridgehead atoms. The Kier molecular flexibility index (Phi) is 3.64. The van der Waals surface area contributed by atoms with Crippen LogP contribution in [-0.2, 0) is 16.6 Å². The van der Waals surface area contributed by atoms with Crippen molar-refractivity contribution in [2.75, 3.05) is 11.4 Å². The van der Waals surface area contributed by atoms with Gasteiger partial charge in [-0.15, -0.1) is 0 Å². The monoisotopic (exact) mass is 336 g/mol. The molecule has 0 saturated carbocycles. The highest BCUT2D eigenvalue weighted by atomic mass is 19.1. The number of hydrogen-bond donors (Lipinski definition) is 1. The van der Waals surface area contributed by atoms with Crippen LogP contribution in [-0.4, -0.2) is 17.4 Å². The first-order valence-corrected chi connectivity index (χ1v) is 8.65. The van der Waals surface area contributed by atoms with Crippen LogP contribution >= 0.6 is 0 Å². The number of aromatic nitrogens is 1. The summed E-state index contributed by atoms with van der Waals surface area (Å²) in [6.45, 7) is 4.55. The van der Waals surface area contributed by atoms with Crippen molar-refractivity contribution < 1.29 is 9.18 Å². The third kappa shape index (κ3) is 2.53. The Morgan fingerprint density at radius 3 is 2.84 bits per heavy atom. The molecular weight excluding hydrogens is 315 g/mol. The second kappa shape index (κ2) is 5.73. The molecule has 0 saturated heterocycles. The van der Waals surface area contributed by atoms with Gasteiger partial charge in [0.1, 0.15) is 5.82 Å². The summed E-state index contributed by atoms with van der Waals surface area (Å²) in [7, 11) is 0. The molecule has 25 heavy (non-hydrogen) atoms. The topological polar surface area (TPSA) is 36.1 Å². The molecule has 0 radical (unpaired) electrons. The summed E-state index contributed by atoms with van der Waals surface area (Å²) in [4.78, 5) is 18.5.